The SMILES string of the molecule is CC(C)(C)CC(c1ccc(C(=O)P(c2ccccc2)c2ccccc2)cc1)C(C)(C)C. The van der Waals surface area contributed by atoms with Gasteiger partial charge in [0.2, 0.25) is 0 Å². The summed E-state index contributed by atoms with van der Waals surface area (Å²) in [4.78, 5) is 13.7. The summed E-state index contributed by atoms with van der Waals surface area (Å²) in [5, 5.41) is 2.19. The zero-order valence-corrected chi connectivity index (χ0v) is 20.6. The molecular formula is C29H35OP. The van der Waals surface area contributed by atoms with Gasteiger partial charge in [0, 0.05) is 13.5 Å². The first kappa shape index (κ1) is 23.4. The van der Waals surface area contributed by atoms with E-state index in [1.165, 1.54) is 5.56 Å². The predicted octanol–water partition coefficient (Wildman–Crippen LogP) is 7.53. The maximum absolute atomic E-state index is 13.7. The molecule has 0 radical (unpaired) electrons. The highest BCUT2D eigenvalue weighted by Gasteiger charge is 2.31. The molecule has 3 aromatic rings. The molecule has 1 nitrogen and oxygen atoms in total. The van der Waals surface area contributed by atoms with Gasteiger partial charge < -0.3 is 0 Å². The van der Waals surface area contributed by atoms with Crippen molar-refractivity contribution in [2.75, 3.05) is 0 Å². The van der Waals surface area contributed by atoms with Crippen LogP contribution in [0.5, 0.6) is 0 Å². The molecule has 2 heteroatoms. The minimum Gasteiger partial charge on any atom is -0.288 e. The lowest BCUT2D eigenvalue weighted by Crippen LogP contribution is -2.24. The molecule has 0 aliphatic carbocycles. The number of carbonyl (C=O) groups excluding carboxylic acids is 1. The lowest BCUT2D eigenvalue weighted by atomic mass is 9.69. The topological polar surface area (TPSA) is 17.1 Å². The van der Waals surface area contributed by atoms with Crippen LogP contribution in [0.2, 0.25) is 0 Å². The van der Waals surface area contributed by atoms with Crippen molar-refractivity contribution in [2.45, 2.75) is 53.9 Å². The van der Waals surface area contributed by atoms with E-state index in [-0.39, 0.29) is 16.4 Å². The quantitative estimate of drug-likeness (QED) is 0.370. The third kappa shape index (κ3) is 6.14. The third-order valence-electron chi connectivity index (χ3n) is 5.65. The van der Waals surface area contributed by atoms with Crippen LogP contribution in [0.25, 0.3) is 0 Å². The van der Waals surface area contributed by atoms with Crippen molar-refractivity contribution in [3.05, 3.63) is 96.1 Å². The fourth-order valence-electron chi connectivity index (χ4n) is 4.06. The highest BCUT2D eigenvalue weighted by molar-refractivity contribution is 7.88. The lowest BCUT2D eigenvalue weighted by Gasteiger charge is -2.36. The molecule has 0 bridgehead atoms. The normalized spacial score (nSPS) is 13.3. The van der Waals surface area contributed by atoms with E-state index in [0.29, 0.717) is 5.92 Å². The van der Waals surface area contributed by atoms with Crippen LogP contribution < -0.4 is 10.6 Å². The van der Waals surface area contributed by atoms with Crippen molar-refractivity contribution in [3.63, 3.8) is 0 Å². The highest BCUT2D eigenvalue weighted by atomic mass is 31.1. The van der Waals surface area contributed by atoms with Crippen LogP contribution in [0.3, 0.4) is 0 Å². The van der Waals surface area contributed by atoms with Gasteiger partial charge in [0.1, 0.15) is 0 Å². The monoisotopic (exact) mass is 430 g/mol. The smallest absolute Gasteiger partial charge is 0.193 e. The van der Waals surface area contributed by atoms with Crippen LogP contribution in [-0.2, 0) is 0 Å². The maximum atomic E-state index is 13.7. The average Bonchev–Trinajstić information content (AvgIpc) is 2.72. The summed E-state index contributed by atoms with van der Waals surface area (Å²) < 4.78 is 0. The zero-order valence-electron chi connectivity index (χ0n) is 19.7. The Bertz CT molecular complexity index is 937. The Hall–Kier alpha value is -2.24. The van der Waals surface area contributed by atoms with Gasteiger partial charge in [0.05, 0.1) is 0 Å². The van der Waals surface area contributed by atoms with E-state index in [1.54, 1.807) is 0 Å². The fraction of sp³-hybridized carbons (Fsp3) is 0.345. The highest BCUT2D eigenvalue weighted by Crippen LogP contribution is 2.44. The standard InChI is InChI=1S/C29H35OP/c1-28(2,3)21-26(29(4,5)6)22-17-19-23(20-18-22)27(30)31(24-13-9-7-10-14-24)25-15-11-8-12-16-25/h7-20,26H,21H2,1-6H3. The van der Waals surface area contributed by atoms with Crippen molar-refractivity contribution in [2.24, 2.45) is 10.8 Å². The summed E-state index contributed by atoms with van der Waals surface area (Å²) in [5.74, 6) is 0.446. The molecule has 0 aliphatic heterocycles. The Balaban J connectivity index is 1.95. The number of rotatable bonds is 6. The Morgan fingerprint density at radius 1 is 0.710 bits per heavy atom. The summed E-state index contributed by atoms with van der Waals surface area (Å²) in [6.45, 7) is 13.8. The summed E-state index contributed by atoms with van der Waals surface area (Å²) >= 11 is 0. The van der Waals surface area contributed by atoms with Crippen LogP contribution in [0.15, 0.2) is 84.9 Å². The summed E-state index contributed by atoms with van der Waals surface area (Å²) in [6, 6.07) is 28.8. The third-order valence-corrected chi connectivity index (χ3v) is 7.95. The molecule has 0 saturated carbocycles. The largest absolute Gasteiger partial charge is 0.288 e. The average molecular weight is 431 g/mol. The molecule has 0 saturated heterocycles. The van der Waals surface area contributed by atoms with Crippen LogP contribution in [0.4, 0.5) is 0 Å². The molecule has 31 heavy (non-hydrogen) atoms. The molecule has 0 amide bonds. The Morgan fingerprint density at radius 2 is 1.16 bits per heavy atom. The first-order chi connectivity index (χ1) is 14.6. The summed E-state index contributed by atoms with van der Waals surface area (Å²) in [6.07, 6.45) is 1.12. The Kier molecular flexibility index (Phi) is 7.17. The molecule has 3 rings (SSSR count). The van der Waals surface area contributed by atoms with Gasteiger partial charge in [0.15, 0.2) is 5.52 Å². The molecule has 162 valence electrons. The van der Waals surface area contributed by atoms with Gasteiger partial charge in [-0.05, 0) is 39.3 Å². The van der Waals surface area contributed by atoms with Gasteiger partial charge in [-0.15, -0.1) is 0 Å². The van der Waals surface area contributed by atoms with E-state index in [2.05, 4.69) is 77.9 Å². The predicted molar refractivity (Wildman–Crippen MR) is 136 cm³/mol. The van der Waals surface area contributed by atoms with Crippen LogP contribution in [0.1, 0.15) is 69.8 Å². The minimum atomic E-state index is -1.10. The molecule has 0 heterocycles. The molecule has 0 fully saturated rings. The van der Waals surface area contributed by atoms with E-state index in [0.717, 1.165) is 22.6 Å². The van der Waals surface area contributed by atoms with Crippen LogP contribution >= 0.6 is 7.92 Å². The van der Waals surface area contributed by atoms with E-state index in [4.69, 9.17) is 0 Å². The fourth-order valence-corrected chi connectivity index (χ4v) is 6.18. The minimum absolute atomic E-state index is 0.166. The number of carbonyl (C=O) groups is 1. The zero-order chi connectivity index (χ0) is 22.6. The Morgan fingerprint density at radius 3 is 1.55 bits per heavy atom. The van der Waals surface area contributed by atoms with Crippen LogP contribution in [-0.4, -0.2) is 5.52 Å². The first-order valence-corrected chi connectivity index (χ1v) is 12.4. The second kappa shape index (κ2) is 9.49. The van der Waals surface area contributed by atoms with Gasteiger partial charge in [0.25, 0.3) is 0 Å². The molecule has 0 N–H and O–H groups in total. The molecular weight excluding hydrogens is 395 g/mol. The molecule has 0 aliphatic rings. The van der Waals surface area contributed by atoms with Crippen LogP contribution in [0, 0.1) is 10.8 Å². The van der Waals surface area contributed by atoms with Gasteiger partial charge in [-0.3, -0.25) is 4.79 Å². The molecule has 0 spiro atoms. The van der Waals surface area contributed by atoms with Crippen molar-refractivity contribution in [1.82, 2.24) is 0 Å². The van der Waals surface area contributed by atoms with Gasteiger partial charge >= 0.3 is 0 Å². The Labute approximate surface area is 189 Å². The number of hydrogen-bond donors (Lipinski definition) is 0. The van der Waals surface area contributed by atoms with Crippen molar-refractivity contribution in [1.29, 1.82) is 0 Å². The molecule has 0 aromatic heterocycles. The van der Waals surface area contributed by atoms with Gasteiger partial charge in [-0.1, -0.05) is 126 Å². The number of hydrogen-bond acceptors (Lipinski definition) is 1. The molecule has 1 unspecified atom stereocenters. The number of benzene rings is 3. The van der Waals surface area contributed by atoms with Crippen molar-refractivity contribution < 1.29 is 4.79 Å². The summed E-state index contributed by atoms with van der Waals surface area (Å²) in [5.41, 5.74) is 2.75. The van der Waals surface area contributed by atoms with E-state index >= 15 is 0 Å². The first-order valence-electron chi connectivity index (χ1n) is 11.1. The van der Waals surface area contributed by atoms with E-state index in [1.807, 2.05) is 48.5 Å². The van der Waals surface area contributed by atoms with E-state index < -0.39 is 7.92 Å². The molecule has 1 atom stereocenters. The maximum Gasteiger partial charge on any atom is 0.193 e. The second-order valence-electron chi connectivity index (χ2n) is 10.6. The molecule has 3 aromatic carbocycles. The summed E-state index contributed by atoms with van der Waals surface area (Å²) in [7, 11) is -1.10. The van der Waals surface area contributed by atoms with E-state index in [9.17, 15) is 4.79 Å². The lowest BCUT2D eigenvalue weighted by molar-refractivity contribution is 0.108. The second-order valence-corrected chi connectivity index (χ2v) is 12.7. The van der Waals surface area contributed by atoms with Gasteiger partial charge in [-0.2, -0.15) is 0 Å². The van der Waals surface area contributed by atoms with Gasteiger partial charge in [-0.25, -0.2) is 0 Å². The van der Waals surface area contributed by atoms with Crippen molar-refractivity contribution >= 4 is 24.1 Å². The van der Waals surface area contributed by atoms with Crippen molar-refractivity contribution in [3.8, 4) is 0 Å².